The second-order valence-corrected chi connectivity index (χ2v) is 8.52. The smallest absolute Gasteiger partial charge is 0.263 e. The third-order valence-electron chi connectivity index (χ3n) is 5.52. The minimum absolute atomic E-state index is 0.0948. The number of likely N-dealkylation sites (N-methyl/N-ethyl adjacent to an activating group) is 1. The van der Waals surface area contributed by atoms with Crippen molar-refractivity contribution in [2.24, 2.45) is 7.05 Å². The minimum Gasteiger partial charge on any atom is -0.456 e. The lowest BCUT2D eigenvalue weighted by Crippen LogP contribution is -2.28. The average molecular weight is 453 g/mol. The number of pyridine rings is 1. The summed E-state index contributed by atoms with van der Waals surface area (Å²) in [4.78, 5) is 31.3. The van der Waals surface area contributed by atoms with Gasteiger partial charge in [-0.1, -0.05) is 0 Å². The lowest BCUT2D eigenvalue weighted by Gasteiger charge is -2.13. The lowest BCUT2D eigenvalue weighted by atomic mass is 10.1. The van der Waals surface area contributed by atoms with Crippen LogP contribution in [0.4, 0.5) is 0 Å². The number of aryl methyl sites for hydroxylation is 1. The van der Waals surface area contributed by atoms with Crippen LogP contribution in [0.5, 0.6) is 11.5 Å². The molecule has 4 aromatic rings. The van der Waals surface area contributed by atoms with Crippen LogP contribution in [0.2, 0.25) is 0 Å². The normalized spacial score (nSPS) is 11.2. The first-order chi connectivity index (χ1) is 15.3. The van der Waals surface area contributed by atoms with Crippen molar-refractivity contribution in [2.45, 2.75) is 6.92 Å². The third kappa shape index (κ3) is 3.69. The highest BCUT2D eigenvalue weighted by molar-refractivity contribution is 7.21. The van der Waals surface area contributed by atoms with Gasteiger partial charge in [-0.2, -0.15) is 0 Å². The first-order valence-corrected chi connectivity index (χ1v) is 10.9. The van der Waals surface area contributed by atoms with E-state index >= 15 is 0 Å². The van der Waals surface area contributed by atoms with E-state index in [0.717, 1.165) is 21.3 Å². The van der Waals surface area contributed by atoms with Gasteiger partial charge in [0.05, 0.1) is 32.8 Å². The molecule has 2 N–H and O–H groups in total. The maximum absolute atomic E-state index is 12.6. The summed E-state index contributed by atoms with van der Waals surface area (Å²) in [6, 6.07) is 9.11. The molecule has 2 amide bonds. The number of fused-ring (bicyclic) bond motifs is 2. The number of carbonyl (C=O) groups excluding carboxylic acids is 2. The van der Waals surface area contributed by atoms with E-state index in [4.69, 9.17) is 9.84 Å². The molecule has 9 heteroatoms. The molecule has 0 unspecified atom stereocenters. The standard InChI is InChI=1S/C23H24N4O4S/c1-13-20(22(29)24-2)15-6-5-14(11-17(15)27(13)4)31-18-7-8-25-16-12-19(32-21(16)18)23(30)26(3)9-10-28/h5-8,11-12,28H,9-10H2,1-4H3,(H,24,29). The van der Waals surface area contributed by atoms with Gasteiger partial charge in [0.1, 0.15) is 11.5 Å². The first kappa shape index (κ1) is 21.8. The van der Waals surface area contributed by atoms with E-state index in [1.54, 1.807) is 32.4 Å². The monoisotopic (exact) mass is 452 g/mol. The van der Waals surface area contributed by atoms with Gasteiger partial charge in [-0.25, -0.2) is 0 Å². The second-order valence-electron chi connectivity index (χ2n) is 7.46. The number of thiophene rings is 1. The highest BCUT2D eigenvalue weighted by atomic mass is 32.1. The lowest BCUT2D eigenvalue weighted by molar-refractivity contribution is 0.0771. The van der Waals surface area contributed by atoms with Crippen molar-refractivity contribution in [1.82, 2.24) is 19.8 Å². The van der Waals surface area contributed by atoms with Crippen LogP contribution in [-0.4, -0.2) is 58.6 Å². The molecule has 4 rings (SSSR count). The fraction of sp³-hybridized carbons (Fsp3) is 0.261. The van der Waals surface area contributed by atoms with E-state index in [0.29, 0.717) is 27.5 Å². The molecular weight excluding hydrogens is 428 g/mol. The largest absolute Gasteiger partial charge is 0.456 e. The molecule has 0 fully saturated rings. The van der Waals surface area contributed by atoms with Crippen LogP contribution in [0.1, 0.15) is 25.7 Å². The number of hydrogen-bond donors (Lipinski definition) is 2. The highest BCUT2D eigenvalue weighted by Gasteiger charge is 2.20. The second kappa shape index (κ2) is 8.60. The van der Waals surface area contributed by atoms with Crippen LogP contribution in [-0.2, 0) is 7.05 Å². The summed E-state index contributed by atoms with van der Waals surface area (Å²) in [5, 5.41) is 12.6. The van der Waals surface area contributed by atoms with E-state index in [1.165, 1.54) is 16.2 Å². The summed E-state index contributed by atoms with van der Waals surface area (Å²) < 4.78 is 8.92. The number of nitrogens with zero attached hydrogens (tertiary/aromatic N) is 3. The molecule has 32 heavy (non-hydrogen) atoms. The zero-order valence-corrected chi connectivity index (χ0v) is 19.1. The zero-order chi connectivity index (χ0) is 23.0. The summed E-state index contributed by atoms with van der Waals surface area (Å²) >= 11 is 1.31. The molecule has 3 heterocycles. The Morgan fingerprint density at radius 1 is 1.28 bits per heavy atom. The Kier molecular flexibility index (Phi) is 5.86. The summed E-state index contributed by atoms with van der Waals surface area (Å²) in [6.07, 6.45) is 1.64. The van der Waals surface area contributed by atoms with E-state index in [9.17, 15) is 9.59 Å². The van der Waals surface area contributed by atoms with Gasteiger partial charge in [0, 0.05) is 57.1 Å². The Bertz CT molecular complexity index is 1340. The van der Waals surface area contributed by atoms with Gasteiger partial charge in [-0.15, -0.1) is 11.3 Å². The number of benzene rings is 1. The number of aliphatic hydroxyl groups is 1. The van der Waals surface area contributed by atoms with Crippen molar-refractivity contribution in [3.05, 3.63) is 52.7 Å². The molecule has 0 saturated heterocycles. The predicted molar refractivity (Wildman–Crippen MR) is 125 cm³/mol. The predicted octanol–water partition coefficient (Wildman–Crippen LogP) is 3.31. The van der Waals surface area contributed by atoms with Gasteiger partial charge in [-0.05, 0) is 25.1 Å². The van der Waals surface area contributed by atoms with Gasteiger partial charge >= 0.3 is 0 Å². The number of hydrogen-bond acceptors (Lipinski definition) is 6. The number of aliphatic hydroxyl groups excluding tert-OH is 1. The first-order valence-electron chi connectivity index (χ1n) is 10.1. The van der Waals surface area contributed by atoms with Crippen LogP contribution < -0.4 is 10.1 Å². The summed E-state index contributed by atoms with van der Waals surface area (Å²) in [7, 11) is 5.19. The van der Waals surface area contributed by atoms with Crippen LogP contribution in [0.3, 0.4) is 0 Å². The summed E-state index contributed by atoms with van der Waals surface area (Å²) in [5.74, 6) is 0.920. The third-order valence-corrected chi connectivity index (χ3v) is 6.64. The fourth-order valence-electron chi connectivity index (χ4n) is 3.69. The molecule has 0 atom stereocenters. The Hall–Kier alpha value is -3.43. The number of nitrogens with one attached hydrogen (secondary N) is 1. The molecule has 166 valence electrons. The SMILES string of the molecule is CNC(=O)c1c(C)n(C)c2cc(Oc3ccnc4cc(C(=O)N(C)CCO)sc34)ccc12. The van der Waals surface area contributed by atoms with Crippen LogP contribution in [0.15, 0.2) is 36.5 Å². The molecule has 3 aromatic heterocycles. The minimum atomic E-state index is -0.171. The molecule has 1 aromatic carbocycles. The molecule has 0 radical (unpaired) electrons. The van der Waals surface area contributed by atoms with E-state index in [2.05, 4.69) is 10.3 Å². The summed E-state index contributed by atoms with van der Waals surface area (Å²) in [5.41, 5.74) is 3.08. The fourth-order valence-corrected chi connectivity index (χ4v) is 4.75. The Labute approximate surface area is 189 Å². The number of aromatic nitrogens is 2. The van der Waals surface area contributed by atoms with Gasteiger partial charge in [0.2, 0.25) is 0 Å². The number of amides is 2. The van der Waals surface area contributed by atoms with Gasteiger partial charge in [0.15, 0.2) is 0 Å². The molecule has 0 spiro atoms. The van der Waals surface area contributed by atoms with Crippen molar-refractivity contribution >= 4 is 44.3 Å². The maximum atomic E-state index is 12.6. The molecule has 0 saturated carbocycles. The van der Waals surface area contributed by atoms with Crippen molar-refractivity contribution in [3.8, 4) is 11.5 Å². The van der Waals surface area contributed by atoms with Crippen molar-refractivity contribution in [2.75, 3.05) is 27.2 Å². The van der Waals surface area contributed by atoms with Crippen LogP contribution in [0.25, 0.3) is 21.1 Å². The van der Waals surface area contributed by atoms with Crippen molar-refractivity contribution in [1.29, 1.82) is 0 Å². The maximum Gasteiger partial charge on any atom is 0.263 e. The number of carbonyl (C=O) groups is 2. The summed E-state index contributed by atoms with van der Waals surface area (Å²) in [6.45, 7) is 2.08. The van der Waals surface area contributed by atoms with Crippen LogP contribution in [0, 0.1) is 6.92 Å². The Morgan fingerprint density at radius 2 is 2.06 bits per heavy atom. The van der Waals surface area contributed by atoms with Gasteiger partial charge < -0.3 is 24.6 Å². The topological polar surface area (TPSA) is 96.7 Å². The molecular formula is C23H24N4O4S. The number of ether oxygens (including phenoxy) is 1. The van der Waals surface area contributed by atoms with E-state index in [-0.39, 0.29) is 25.0 Å². The molecule has 0 aliphatic rings. The van der Waals surface area contributed by atoms with Gasteiger partial charge in [0.25, 0.3) is 11.8 Å². The highest BCUT2D eigenvalue weighted by Crippen LogP contribution is 2.37. The van der Waals surface area contributed by atoms with E-state index < -0.39 is 0 Å². The molecule has 8 nitrogen and oxygen atoms in total. The van der Waals surface area contributed by atoms with E-state index in [1.807, 2.05) is 36.7 Å². The Balaban J connectivity index is 1.71. The Morgan fingerprint density at radius 3 is 2.78 bits per heavy atom. The number of rotatable bonds is 6. The van der Waals surface area contributed by atoms with Crippen molar-refractivity contribution < 1.29 is 19.4 Å². The molecule has 0 aliphatic heterocycles. The van der Waals surface area contributed by atoms with Gasteiger partial charge in [-0.3, -0.25) is 14.6 Å². The zero-order valence-electron chi connectivity index (χ0n) is 18.3. The van der Waals surface area contributed by atoms with Crippen molar-refractivity contribution in [3.63, 3.8) is 0 Å². The van der Waals surface area contributed by atoms with Crippen LogP contribution >= 0.6 is 11.3 Å². The molecule has 0 bridgehead atoms. The molecule has 0 aliphatic carbocycles. The quantitative estimate of drug-likeness (QED) is 0.468. The average Bonchev–Trinajstić information content (AvgIpc) is 3.33.